The van der Waals surface area contributed by atoms with Gasteiger partial charge in [-0.1, -0.05) is 285 Å². The highest BCUT2D eigenvalue weighted by atomic mass is 16.5. The van der Waals surface area contributed by atoms with E-state index < -0.39 is 0 Å². The summed E-state index contributed by atoms with van der Waals surface area (Å²) in [5.41, 5.74) is 10.6. The van der Waals surface area contributed by atoms with Crippen molar-refractivity contribution in [2.75, 3.05) is 0 Å². The van der Waals surface area contributed by atoms with Crippen molar-refractivity contribution >= 4 is 0 Å². The standard InChI is InChI=1S/C13H14O.C12H13NO.2C11H12N2O.C9H13NO.C8H12N2O.C8H13NO.C7H12N2O.2C7H11NO/c1-10(2)13-12(8-9-14-13)11-6-4-3-5-7-11;1-9(2)11-8-14-12(13-11)10-6-4-3-5-7-10;1-8(2)11-12-10(13-14-11)9-6-4-3-5-7-9;1-8(2)10-12-13-11(14-10)9-6-4-3-5-7-9;1-6(2)9-5-8(10-11-9)7-3-4-7;1-5(2)8-9-7(10-11-8)6-3-4-6;1-4-7-5-8(6(2)3)10-9-7;1-4-6-8-7(5(2)3)10-9-6;1-5(2)7-4-6(3)9-8-7;1-5(2)7-4-6(3)8-9-7/h3-10H,1-2H3;3-9H,1-2H3;2*3-8H,1-2H3;5-7H,3-4H2,1-2H3;5-6H,3-4H2,1-2H3;5-6H,4H2,1-3H3;5H,4H2,1-3H3;2*4-5H,1-3H3. The van der Waals surface area contributed by atoms with Crippen LogP contribution in [0.5, 0.6) is 0 Å². The third-order valence-corrected chi connectivity index (χ3v) is 17.6. The number of oxazole rings is 1. The highest BCUT2D eigenvalue weighted by molar-refractivity contribution is 5.65. The molecule has 23 nitrogen and oxygen atoms in total. The summed E-state index contributed by atoms with van der Waals surface area (Å²) >= 11 is 0. The SMILES string of the molecule is CC(C)c1cc(C2CC2)no1.CC(C)c1coc(-c2ccccc2)n1.CC(C)c1nc(-c2ccccc2)no1.CC(C)c1nc(C2CC2)no1.CC(C)c1nnc(-c2ccccc2)o1.CC(C)c1occc1-c1ccccc1.CCc1cc(C(C)C)on1.CCc1noc(C(C)C)n1.Cc1cc(C(C)C)no1.Cc1cc(C(C)C)on1. The predicted octanol–water partition coefficient (Wildman–Crippen LogP) is 26.3. The largest absolute Gasteiger partial charge is 0.468 e. The molecule has 0 amide bonds. The second kappa shape index (κ2) is 47.0. The zero-order valence-corrected chi connectivity index (χ0v) is 72.7. The summed E-state index contributed by atoms with van der Waals surface area (Å²) in [5, 5.41) is 35.1. The van der Waals surface area contributed by atoms with Crippen molar-refractivity contribution in [3.8, 4) is 45.4 Å². The van der Waals surface area contributed by atoms with E-state index in [1.165, 1.54) is 36.8 Å². The van der Waals surface area contributed by atoms with E-state index in [1.807, 2.05) is 196 Å². The van der Waals surface area contributed by atoms with Gasteiger partial charge in [0.2, 0.25) is 41.2 Å². The molecule has 0 aliphatic heterocycles. The Labute approximate surface area is 685 Å². The molecule has 0 spiro atoms. The Morgan fingerprint density at radius 1 is 0.353 bits per heavy atom. The molecule has 0 atom stereocenters. The number of nitrogens with zero attached hydrogens (tertiary/aromatic N) is 13. The van der Waals surface area contributed by atoms with Gasteiger partial charge in [0, 0.05) is 112 Å². The lowest BCUT2D eigenvalue weighted by Gasteiger charge is -2.04. The second-order valence-electron chi connectivity index (χ2n) is 31.6. The van der Waals surface area contributed by atoms with Crippen LogP contribution in [0.25, 0.3) is 45.4 Å². The first-order chi connectivity index (χ1) is 55.5. The summed E-state index contributed by atoms with van der Waals surface area (Å²) in [6.07, 6.45) is 10.3. The Balaban J connectivity index is 0.000000179. The topological polar surface area (TPSA) is 299 Å². The number of hydrogen-bond donors (Lipinski definition) is 0. The molecule has 4 aromatic carbocycles. The van der Waals surface area contributed by atoms with Gasteiger partial charge >= 0.3 is 0 Å². The third kappa shape index (κ3) is 30.8. The van der Waals surface area contributed by atoms with Crippen molar-refractivity contribution in [2.45, 2.75) is 276 Å². The number of aromatic nitrogens is 13. The molecule has 2 saturated carbocycles. The number of hydrogen-bond acceptors (Lipinski definition) is 23. The van der Waals surface area contributed by atoms with Gasteiger partial charge in [0.05, 0.1) is 34.7 Å². The number of furan rings is 1. The van der Waals surface area contributed by atoms with Crippen molar-refractivity contribution in [3.63, 3.8) is 0 Å². The van der Waals surface area contributed by atoms with Gasteiger partial charge in [-0.15, -0.1) is 10.2 Å². The molecule has 116 heavy (non-hydrogen) atoms. The maximum atomic E-state index is 5.51. The molecule has 620 valence electrons. The highest BCUT2D eigenvalue weighted by Crippen LogP contribution is 2.41. The molecule has 0 unspecified atom stereocenters. The van der Waals surface area contributed by atoms with E-state index in [0.29, 0.717) is 88.6 Å². The van der Waals surface area contributed by atoms with Crippen LogP contribution in [0.3, 0.4) is 0 Å². The first kappa shape index (κ1) is 91.9. The minimum Gasteiger partial charge on any atom is -0.468 e. The Morgan fingerprint density at radius 3 is 1.24 bits per heavy atom. The van der Waals surface area contributed by atoms with Gasteiger partial charge in [-0.3, -0.25) is 0 Å². The Morgan fingerprint density at radius 2 is 0.845 bits per heavy atom. The third-order valence-electron chi connectivity index (χ3n) is 17.6. The summed E-state index contributed by atoms with van der Waals surface area (Å²) in [4.78, 5) is 17.2. The van der Waals surface area contributed by atoms with Crippen LogP contribution in [0.15, 0.2) is 209 Å². The van der Waals surface area contributed by atoms with Crippen molar-refractivity contribution in [1.29, 1.82) is 0 Å². The van der Waals surface area contributed by atoms with Crippen LogP contribution in [-0.2, 0) is 12.8 Å². The lowest BCUT2D eigenvalue weighted by atomic mass is 10.0. The van der Waals surface area contributed by atoms with Gasteiger partial charge in [-0.05, 0) is 93.7 Å². The van der Waals surface area contributed by atoms with Crippen molar-refractivity contribution in [1.82, 2.24) is 66.2 Å². The van der Waals surface area contributed by atoms with Crippen LogP contribution in [0.4, 0.5) is 0 Å². The Hall–Kier alpha value is -11.2. The van der Waals surface area contributed by atoms with Crippen LogP contribution >= 0.6 is 0 Å². The van der Waals surface area contributed by atoms with E-state index in [-0.39, 0.29) is 11.8 Å². The number of benzene rings is 4. The maximum absolute atomic E-state index is 5.51. The summed E-state index contributed by atoms with van der Waals surface area (Å²) < 4.78 is 51.6. The second-order valence-corrected chi connectivity index (χ2v) is 31.6. The number of aryl methyl sites for hydroxylation is 4. The lowest BCUT2D eigenvalue weighted by Crippen LogP contribution is -1.87. The summed E-state index contributed by atoms with van der Waals surface area (Å²) in [7, 11) is 0. The molecule has 16 rings (SSSR count). The van der Waals surface area contributed by atoms with E-state index in [2.05, 4.69) is 188 Å². The predicted molar refractivity (Wildman–Crippen MR) is 453 cm³/mol. The minimum absolute atomic E-state index is 0.278. The smallest absolute Gasteiger partial charge is 0.247 e. The molecule has 0 N–H and O–H groups in total. The minimum atomic E-state index is 0.278. The van der Waals surface area contributed by atoms with E-state index in [9.17, 15) is 0 Å². The zero-order valence-electron chi connectivity index (χ0n) is 72.7. The quantitative estimate of drug-likeness (QED) is 0.0770. The molecular formula is C93H123N13O10. The first-order valence-corrected chi connectivity index (χ1v) is 40.9. The Kier molecular flexibility index (Phi) is 37.2. The fourth-order valence-corrected chi connectivity index (χ4v) is 10.1. The maximum Gasteiger partial charge on any atom is 0.247 e. The zero-order chi connectivity index (χ0) is 84.4. The van der Waals surface area contributed by atoms with Gasteiger partial charge in [0.25, 0.3) is 0 Å². The fourth-order valence-electron chi connectivity index (χ4n) is 10.1. The summed E-state index contributed by atoms with van der Waals surface area (Å²) in [6.45, 7) is 49.5. The molecule has 2 fully saturated rings. The average Bonchev–Trinajstić information content (AvgIpc) is 1.69. The molecule has 2 aliphatic rings. The summed E-state index contributed by atoms with van der Waals surface area (Å²) in [5.74, 6) is 16.7. The molecule has 23 heteroatoms. The molecule has 0 saturated heterocycles. The van der Waals surface area contributed by atoms with Gasteiger partial charge in [-0.25, -0.2) is 4.98 Å². The molecule has 14 aromatic rings. The van der Waals surface area contributed by atoms with Crippen LogP contribution in [0, 0.1) is 13.8 Å². The fraction of sp³-hybridized carbons (Fsp3) is 0.452. The van der Waals surface area contributed by atoms with E-state index in [4.69, 9.17) is 44.9 Å². The van der Waals surface area contributed by atoms with Crippen molar-refractivity contribution in [3.05, 3.63) is 257 Å². The molecule has 0 radical (unpaired) electrons. The van der Waals surface area contributed by atoms with E-state index >= 15 is 0 Å². The molecule has 10 heterocycles. The molecule has 10 aromatic heterocycles. The van der Waals surface area contributed by atoms with Gasteiger partial charge in [0.15, 0.2) is 11.6 Å². The van der Waals surface area contributed by atoms with E-state index in [1.54, 1.807) is 12.5 Å². The average molecular weight is 1580 g/mol. The van der Waals surface area contributed by atoms with Gasteiger partial charge < -0.3 is 44.9 Å². The van der Waals surface area contributed by atoms with Crippen molar-refractivity contribution < 1.29 is 44.9 Å². The van der Waals surface area contributed by atoms with Crippen molar-refractivity contribution in [2.24, 2.45) is 0 Å². The van der Waals surface area contributed by atoms with Gasteiger partial charge in [0.1, 0.15) is 35.1 Å². The number of rotatable bonds is 18. The normalized spacial score (nSPS) is 12.1. The first-order valence-electron chi connectivity index (χ1n) is 40.9. The lowest BCUT2D eigenvalue weighted by molar-refractivity contribution is 0.360. The van der Waals surface area contributed by atoms with Crippen LogP contribution in [0.2, 0.25) is 0 Å². The highest BCUT2D eigenvalue weighted by Gasteiger charge is 2.30. The van der Waals surface area contributed by atoms with Crippen LogP contribution in [-0.4, -0.2) is 66.2 Å². The monoisotopic (exact) mass is 1580 g/mol. The van der Waals surface area contributed by atoms with Gasteiger partial charge in [-0.2, -0.15) is 15.0 Å². The van der Waals surface area contributed by atoms with Crippen LogP contribution in [0.1, 0.15) is 342 Å². The van der Waals surface area contributed by atoms with E-state index in [0.717, 1.165) is 110 Å². The molecule has 0 bridgehead atoms. The summed E-state index contributed by atoms with van der Waals surface area (Å²) in [6, 6.07) is 49.9. The Bertz CT molecular complexity index is 4550. The van der Waals surface area contributed by atoms with Crippen LogP contribution < -0.4 is 0 Å². The molecule has 2 aliphatic carbocycles. The molecular weight excluding hydrogens is 1460 g/mol.